The van der Waals surface area contributed by atoms with Crippen molar-refractivity contribution in [1.82, 2.24) is 34.5 Å². The number of aryl methyl sites for hydroxylation is 2. The number of oxazole rings is 1. The molecule has 0 spiro atoms. The first-order valence-electron chi connectivity index (χ1n) is 14.7. The molecular weight excluding hydrogens is 690 g/mol. The molecule has 14 heteroatoms. The highest BCUT2D eigenvalue weighted by Crippen LogP contribution is 2.29. The van der Waals surface area contributed by atoms with Crippen LogP contribution >= 0.6 is 27.5 Å². The van der Waals surface area contributed by atoms with Crippen LogP contribution in [-0.2, 0) is 19.6 Å². The summed E-state index contributed by atoms with van der Waals surface area (Å²) in [6.07, 6.45) is 0. The van der Waals surface area contributed by atoms with Gasteiger partial charge in [0.25, 0.3) is 11.8 Å². The molecule has 1 aliphatic rings. The van der Waals surface area contributed by atoms with Crippen LogP contribution in [0.4, 0.5) is 0 Å². The average molecular weight is 717 g/mol. The Balaban J connectivity index is 1.30. The van der Waals surface area contributed by atoms with Gasteiger partial charge in [-0.1, -0.05) is 29.8 Å². The van der Waals surface area contributed by atoms with E-state index in [2.05, 4.69) is 36.4 Å². The van der Waals surface area contributed by atoms with E-state index in [1.165, 1.54) is 4.57 Å². The molecule has 0 fully saturated rings. The number of hydrogen-bond donors (Lipinski definition) is 1. The molecule has 238 valence electrons. The Bertz CT molecular complexity index is 2270. The van der Waals surface area contributed by atoms with Crippen molar-refractivity contribution >= 4 is 50.4 Å². The number of carbonyl (C=O) groups is 2. The minimum atomic E-state index is -0.502. The van der Waals surface area contributed by atoms with E-state index in [0.29, 0.717) is 60.8 Å². The van der Waals surface area contributed by atoms with E-state index in [1.807, 2.05) is 31.2 Å². The van der Waals surface area contributed by atoms with Gasteiger partial charge in [-0.05, 0) is 70.9 Å². The molecule has 3 aromatic heterocycles. The molecule has 6 aromatic rings. The number of rotatable bonds is 6. The molecule has 47 heavy (non-hydrogen) atoms. The highest BCUT2D eigenvalue weighted by Gasteiger charge is 2.35. The van der Waals surface area contributed by atoms with Gasteiger partial charge in [0.15, 0.2) is 11.5 Å². The van der Waals surface area contributed by atoms with Crippen LogP contribution in [-0.4, -0.2) is 47.1 Å². The van der Waals surface area contributed by atoms with Crippen molar-refractivity contribution < 1.29 is 18.4 Å². The summed E-state index contributed by atoms with van der Waals surface area (Å²) < 4.78 is 14.9. The fourth-order valence-corrected chi connectivity index (χ4v) is 6.30. The Morgan fingerprint density at radius 3 is 2.62 bits per heavy atom. The summed E-state index contributed by atoms with van der Waals surface area (Å²) in [5.41, 5.74) is 3.46. The SMILES string of the molecule is Cc1nnc(-c2ccccc2CNC(=O)c2c3n(c(=O)n2-c2ccc4oc(C)nc4c2)C[C@@H](C)N(C(=O)c2ccc(Br)c(Cl)c2)C3)o1. The van der Waals surface area contributed by atoms with Gasteiger partial charge in [-0.25, -0.2) is 9.78 Å². The van der Waals surface area contributed by atoms with Gasteiger partial charge in [0.1, 0.15) is 11.2 Å². The second-order valence-corrected chi connectivity index (χ2v) is 12.5. The third kappa shape index (κ3) is 5.55. The molecule has 0 saturated heterocycles. The summed E-state index contributed by atoms with van der Waals surface area (Å²) in [5.74, 6) is 0.453. The van der Waals surface area contributed by atoms with Crippen LogP contribution in [0.25, 0.3) is 28.2 Å². The van der Waals surface area contributed by atoms with Crippen LogP contribution < -0.4 is 11.0 Å². The molecule has 0 saturated carbocycles. The third-order valence-corrected chi connectivity index (χ3v) is 9.37. The summed E-state index contributed by atoms with van der Waals surface area (Å²) in [4.78, 5) is 48.2. The first-order valence-corrected chi connectivity index (χ1v) is 15.9. The van der Waals surface area contributed by atoms with Crippen molar-refractivity contribution in [2.45, 2.75) is 46.4 Å². The highest BCUT2D eigenvalue weighted by molar-refractivity contribution is 9.10. The van der Waals surface area contributed by atoms with Gasteiger partial charge < -0.3 is 19.1 Å². The molecule has 0 bridgehead atoms. The molecule has 0 aliphatic carbocycles. The van der Waals surface area contributed by atoms with Crippen LogP contribution in [0.5, 0.6) is 0 Å². The Hall–Kier alpha value is -5.01. The van der Waals surface area contributed by atoms with Crippen molar-refractivity contribution in [3.8, 4) is 17.1 Å². The lowest BCUT2D eigenvalue weighted by molar-refractivity contribution is 0.0610. The molecule has 0 unspecified atom stereocenters. The van der Waals surface area contributed by atoms with Gasteiger partial charge in [0.05, 0.1) is 22.9 Å². The number of carbonyl (C=O) groups excluding carboxylic acids is 2. The average Bonchev–Trinajstić information content (AvgIpc) is 3.74. The second-order valence-electron chi connectivity index (χ2n) is 11.3. The maximum Gasteiger partial charge on any atom is 0.333 e. The maximum atomic E-state index is 14.2. The van der Waals surface area contributed by atoms with E-state index in [-0.39, 0.29) is 37.3 Å². The van der Waals surface area contributed by atoms with Crippen LogP contribution in [0.1, 0.15) is 50.8 Å². The highest BCUT2D eigenvalue weighted by atomic mass is 79.9. The number of halogens is 2. The van der Waals surface area contributed by atoms with Gasteiger partial charge in [-0.15, -0.1) is 10.2 Å². The fourth-order valence-electron chi connectivity index (χ4n) is 5.87. The Kier molecular flexibility index (Phi) is 7.80. The van der Waals surface area contributed by atoms with Crippen molar-refractivity contribution in [2.75, 3.05) is 0 Å². The normalized spacial score (nSPS) is 14.4. The van der Waals surface area contributed by atoms with Crippen molar-refractivity contribution in [2.24, 2.45) is 0 Å². The third-order valence-electron chi connectivity index (χ3n) is 8.14. The van der Waals surface area contributed by atoms with Crippen LogP contribution in [0.3, 0.4) is 0 Å². The first kappa shape index (κ1) is 30.6. The van der Waals surface area contributed by atoms with E-state index in [4.69, 9.17) is 20.4 Å². The molecule has 1 N–H and O–H groups in total. The quantitative estimate of drug-likeness (QED) is 0.227. The van der Waals surface area contributed by atoms with E-state index in [9.17, 15) is 14.4 Å². The van der Waals surface area contributed by atoms with Gasteiger partial charge in [0, 0.05) is 48.6 Å². The topological polar surface area (TPSA) is 141 Å². The summed E-state index contributed by atoms with van der Waals surface area (Å²) in [6.45, 7) is 5.61. The molecular formula is C33H27BrClN7O5. The zero-order valence-corrected chi connectivity index (χ0v) is 27.8. The molecule has 4 heterocycles. The van der Waals surface area contributed by atoms with Crippen LogP contribution in [0.2, 0.25) is 5.02 Å². The van der Waals surface area contributed by atoms with Crippen molar-refractivity contribution in [3.05, 3.63) is 115 Å². The van der Waals surface area contributed by atoms with Crippen molar-refractivity contribution in [3.63, 3.8) is 0 Å². The first-order chi connectivity index (χ1) is 22.6. The monoisotopic (exact) mass is 715 g/mol. The number of benzene rings is 3. The number of fused-ring (bicyclic) bond motifs is 2. The fraction of sp³-hybridized carbons (Fsp3) is 0.212. The zero-order valence-electron chi connectivity index (χ0n) is 25.5. The van der Waals surface area contributed by atoms with Gasteiger partial charge in [0.2, 0.25) is 11.8 Å². The molecule has 0 radical (unpaired) electrons. The predicted octanol–water partition coefficient (Wildman–Crippen LogP) is 5.84. The number of hydrogen-bond acceptors (Lipinski definition) is 8. The van der Waals surface area contributed by atoms with Crippen molar-refractivity contribution in [1.29, 1.82) is 0 Å². The van der Waals surface area contributed by atoms with Gasteiger partial charge in [-0.3, -0.25) is 18.7 Å². The number of imidazole rings is 1. The molecule has 1 aliphatic heterocycles. The number of nitrogens with one attached hydrogen (secondary N) is 1. The minimum absolute atomic E-state index is 0.0157. The largest absolute Gasteiger partial charge is 0.441 e. The molecule has 2 amide bonds. The molecule has 3 aromatic carbocycles. The lowest BCUT2D eigenvalue weighted by Crippen LogP contribution is -2.47. The molecule has 12 nitrogen and oxygen atoms in total. The summed E-state index contributed by atoms with van der Waals surface area (Å²) in [7, 11) is 0. The Morgan fingerprint density at radius 2 is 1.85 bits per heavy atom. The van der Waals surface area contributed by atoms with Gasteiger partial charge in [-0.2, -0.15) is 0 Å². The lowest BCUT2D eigenvalue weighted by Gasteiger charge is -2.34. The van der Waals surface area contributed by atoms with Gasteiger partial charge >= 0.3 is 5.69 Å². The molecule has 1 atom stereocenters. The molecule has 7 rings (SSSR count). The number of aromatic nitrogens is 5. The summed E-state index contributed by atoms with van der Waals surface area (Å²) in [6, 6.07) is 17.1. The standard InChI is InChI=1S/C33H27BrClN7O5/c1-17-15-41-27(16-40(17)32(44)20-8-10-24(34)25(35)12-20)29(42(33(41)45)22-9-11-28-26(13-22)37-18(2)46-28)30(43)36-14-21-6-4-5-7-23(21)31-39-38-19(3)47-31/h4-13,17H,14-16H2,1-3H3,(H,36,43)/t17-/m1/s1. The van der Waals surface area contributed by atoms with Crippen LogP contribution in [0.15, 0.2) is 78.8 Å². The Morgan fingerprint density at radius 1 is 1.04 bits per heavy atom. The number of amides is 2. The Labute approximate surface area is 281 Å². The predicted molar refractivity (Wildman–Crippen MR) is 176 cm³/mol. The van der Waals surface area contributed by atoms with E-state index >= 15 is 0 Å². The minimum Gasteiger partial charge on any atom is -0.441 e. The second kappa shape index (κ2) is 12.0. The maximum absolute atomic E-state index is 14.2. The summed E-state index contributed by atoms with van der Waals surface area (Å²) in [5, 5.41) is 11.4. The zero-order chi connectivity index (χ0) is 33.0. The van der Waals surface area contributed by atoms with E-state index < -0.39 is 11.6 Å². The van der Waals surface area contributed by atoms with Crippen LogP contribution in [0, 0.1) is 13.8 Å². The lowest BCUT2D eigenvalue weighted by atomic mass is 10.1. The number of nitrogens with zero attached hydrogens (tertiary/aromatic N) is 6. The summed E-state index contributed by atoms with van der Waals surface area (Å²) >= 11 is 9.68. The smallest absolute Gasteiger partial charge is 0.333 e. The van der Waals surface area contributed by atoms with E-state index in [0.717, 1.165) is 5.56 Å². The van der Waals surface area contributed by atoms with E-state index in [1.54, 1.807) is 59.7 Å².